The van der Waals surface area contributed by atoms with Gasteiger partial charge in [-0.15, -0.1) is 0 Å². The first-order chi connectivity index (χ1) is 9.19. The molecule has 0 bridgehead atoms. The molecule has 1 heterocycles. The van der Waals surface area contributed by atoms with E-state index in [0.717, 1.165) is 30.0 Å². The fourth-order valence-corrected chi connectivity index (χ4v) is 1.83. The molecule has 0 aliphatic rings. The third kappa shape index (κ3) is 3.86. The highest BCUT2D eigenvalue weighted by atomic mass is 14.9. The monoisotopic (exact) mass is 255 g/mol. The van der Waals surface area contributed by atoms with Crippen molar-refractivity contribution in [2.45, 2.75) is 39.8 Å². The molecule has 0 aliphatic carbocycles. The molecule has 0 saturated carbocycles. The molecule has 0 saturated heterocycles. The summed E-state index contributed by atoms with van der Waals surface area (Å²) in [6, 6.07) is 10.9. The smallest absolute Gasteiger partial charge is 0.159 e. The molecule has 0 atom stereocenters. The Morgan fingerprint density at radius 1 is 1.11 bits per heavy atom. The summed E-state index contributed by atoms with van der Waals surface area (Å²) < 4.78 is 0. The topological polar surface area (TPSA) is 37.8 Å². The normalized spacial score (nSPS) is 10.9. The van der Waals surface area contributed by atoms with E-state index in [1.165, 1.54) is 5.56 Å². The van der Waals surface area contributed by atoms with E-state index in [0.29, 0.717) is 6.04 Å². The maximum absolute atomic E-state index is 4.60. The van der Waals surface area contributed by atoms with Gasteiger partial charge in [0.1, 0.15) is 0 Å². The van der Waals surface area contributed by atoms with E-state index in [4.69, 9.17) is 0 Å². The Morgan fingerprint density at radius 3 is 2.47 bits per heavy atom. The lowest BCUT2D eigenvalue weighted by Gasteiger charge is -2.08. The maximum atomic E-state index is 4.60. The molecule has 2 rings (SSSR count). The molecular weight excluding hydrogens is 234 g/mol. The second-order valence-corrected chi connectivity index (χ2v) is 4.96. The zero-order valence-electron chi connectivity index (χ0n) is 11.9. The van der Waals surface area contributed by atoms with Gasteiger partial charge in [0.2, 0.25) is 0 Å². The lowest BCUT2D eigenvalue weighted by molar-refractivity contribution is 0.581. The van der Waals surface area contributed by atoms with E-state index in [2.05, 4.69) is 60.3 Å². The minimum Gasteiger partial charge on any atom is -0.309 e. The Balaban J connectivity index is 2.17. The quantitative estimate of drug-likeness (QED) is 0.891. The molecule has 1 aromatic heterocycles. The van der Waals surface area contributed by atoms with Gasteiger partial charge in [-0.1, -0.05) is 45.0 Å². The largest absolute Gasteiger partial charge is 0.309 e. The highest BCUT2D eigenvalue weighted by molar-refractivity contribution is 5.55. The molecule has 0 radical (unpaired) electrons. The third-order valence-corrected chi connectivity index (χ3v) is 3.03. The van der Waals surface area contributed by atoms with Crippen LogP contribution in [0.4, 0.5) is 0 Å². The van der Waals surface area contributed by atoms with Gasteiger partial charge in [-0.2, -0.15) is 0 Å². The Morgan fingerprint density at radius 2 is 1.84 bits per heavy atom. The highest BCUT2D eigenvalue weighted by Crippen LogP contribution is 2.15. The second kappa shape index (κ2) is 6.43. The zero-order valence-corrected chi connectivity index (χ0v) is 11.9. The first kappa shape index (κ1) is 13.7. The van der Waals surface area contributed by atoms with Crippen LogP contribution in [0.2, 0.25) is 0 Å². The standard InChI is InChI=1S/C16H21N3/c1-4-13-5-7-14(8-6-13)16-17-10-9-15(19-16)11-18-12(2)3/h5-10,12,18H,4,11H2,1-3H3. The molecule has 0 spiro atoms. The highest BCUT2D eigenvalue weighted by Gasteiger charge is 2.03. The van der Waals surface area contributed by atoms with Crippen LogP contribution in [0.5, 0.6) is 0 Å². The number of aromatic nitrogens is 2. The van der Waals surface area contributed by atoms with Crippen molar-refractivity contribution in [1.82, 2.24) is 15.3 Å². The molecule has 19 heavy (non-hydrogen) atoms. The Labute approximate surface area is 115 Å². The summed E-state index contributed by atoms with van der Waals surface area (Å²) in [4.78, 5) is 8.95. The second-order valence-electron chi connectivity index (χ2n) is 4.96. The van der Waals surface area contributed by atoms with Gasteiger partial charge in [0.05, 0.1) is 5.69 Å². The zero-order chi connectivity index (χ0) is 13.7. The summed E-state index contributed by atoms with van der Waals surface area (Å²) >= 11 is 0. The van der Waals surface area contributed by atoms with Crippen molar-refractivity contribution < 1.29 is 0 Å². The van der Waals surface area contributed by atoms with Crippen molar-refractivity contribution in [3.8, 4) is 11.4 Å². The number of hydrogen-bond acceptors (Lipinski definition) is 3. The van der Waals surface area contributed by atoms with Gasteiger partial charge in [0.25, 0.3) is 0 Å². The lowest BCUT2D eigenvalue weighted by atomic mass is 10.1. The van der Waals surface area contributed by atoms with E-state index in [-0.39, 0.29) is 0 Å². The molecule has 1 aromatic carbocycles. The van der Waals surface area contributed by atoms with Crippen LogP contribution in [0.1, 0.15) is 32.0 Å². The van der Waals surface area contributed by atoms with Gasteiger partial charge in [-0.05, 0) is 18.1 Å². The van der Waals surface area contributed by atoms with Gasteiger partial charge in [-0.3, -0.25) is 0 Å². The van der Waals surface area contributed by atoms with Crippen LogP contribution in [0.25, 0.3) is 11.4 Å². The van der Waals surface area contributed by atoms with E-state index < -0.39 is 0 Å². The van der Waals surface area contributed by atoms with Gasteiger partial charge in [0, 0.05) is 24.3 Å². The summed E-state index contributed by atoms with van der Waals surface area (Å²) in [5, 5.41) is 3.37. The van der Waals surface area contributed by atoms with Crippen LogP contribution in [-0.4, -0.2) is 16.0 Å². The molecule has 3 heteroatoms. The molecule has 0 amide bonds. The van der Waals surface area contributed by atoms with E-state index in [9.17, 15) is 0 Å². The first-order valence-electron chi connectivity index (χ1n) is 6.83. The Bertz CT molecular complexity index is 518. The average molecular weight is 255 g/mol. The average Bonchev–Trinajstić information content (AvgIpc) is 2.45. The predicted molar refractivity (Wildman–Crippen MR) is 78.8 cm³/mol. The van der Waals surface area contributed by atoms with Crippen molar-refractivity contribution in [3.63, 3.8) is 0 Å². The fraction of sp³-hybridized carbons (Fsp3) is 0.375. The van der Waals surface area contributed by atoms with Crippen molar-refractivity contribution in [2.75, 3.05) is 0 Å². The number of rotatable bonds is 5. The minimum absolute atomic E-state index is 0.460. The molecule has 0 fully saturated rings. The summed E-state index contributed by atoms with van der Waals surface area (Å²) in [5.41, 5.74) is 3.43. The molecule has 1 N–H and O–H groups in total. The molecule has 0 unspecified atom stereocenters. The van der Waals surface area contributed by atoms with Crippen LogP contribution in [0.3, 0.4) is 0 Å². The summed E-state index contributed by atoms with van der Waals surface area (Å²) in [7, 11) is 0. The fourth-order valence-electron chi connectivity index (χ4n) is 1.83. The number of nitrogens with one attached hydrogen (secondary N) is 1. The van der Waals surface area contributed by atoms with Crippen LogP contribution in [0, 0.1) is 0 Å². The maximum Gasteiger partial charge on any atom is 0.159 e. The third-order valence-electron chi connectivity index (χ3n) is 3.03. The van der Waals surface area contributed by atoms with Gasteiger partial charge < -0.3 is 5.32 Å². The Hall–Kier alpha value is -1.74. The van der Waals surface area contributed by atoms with Crippen molar-refractivity contribution in [2.24, 2.45) is 0 Å². The van der Waals surface area contributed by atoms with Crippen molar-refractivity contribution in [1.29, 1.82) is 0 Å². The van der Waals surface area contributed by atoms with Crippen LogP contribution in [-0.2, 0) is 13.0 Å². The molecular formula is C16H21N3. The number of benzene rings is 1. The number of nitrogens with zero attached hydrogens (tertiary/aromatic N) is 2. The minimum atomic E-state index is 0.460. The van der Waals surface area contributed by atoms with Crippen LogP contribution >= 0.6 is 0 Å². The summed E-state index contributed by atoms with van der Waals surface area (Å²) in [5.74, 6) is 0.797. The van der Waals surface area contributed by atoms with E-state index >= 15 is 0 Å². The SMILES string of the molecule is CCc1ccc(-c2nccc(CNC(C)C)n2)cc1. The lowest BCUT2D eigenvalue weighted by Crippen LogP contribution is -2.22. The number of hydrogen-bond donors (Lipinski definition) is 1. The van der Waals surface area contributed by atoms with Crippen LogP contribution < -0.4 is 5.32 Å². The molecule has 2 aromatic rings. The predicted octanol–water partition coefficient (Wildman–Crippen LogP) is 3.20. The van der Waals surface area contributed by atoms with Gasteiger partial charge in [-0.25, -0.2) is 9.97 Å². The van der Waals surface area contributed by atoms with E-state index in [1.54, 1.807) is 0 Å². The molecule has 100 valence electrons. The summed E-state index contributed by atoms with van der Waals surface area (Å²) in [6.45, 7) is 7.20. The first-order valence-corrected chi connectivity index (χ1v) is 6.83. The van der Waals surface area contributed by atoms with Gasteiger partial charge in [0.15, 0.2) is 5.82 Å². The molecule has 3 nitrogen and oxygen atoms in total. The molecule has 0 aliphatic heterocycles. The van der Waals surface area contributed by atoms with Crippen molar-refractivity contribution in [3.05, 3.63) is 47.8 Å². The van der Waals surface area contributed by atoms with Crippen molar-refractivity contribution >= 4 is 0 Å². The van der Waals surface area contributed by atoms with E-state index in [1.807, 2.05) is 12.3 Å². The Kier molecular flexibility index (Phi) is 4.63. The van der Waals surface area contributed by atoms with Crippen LogP contribution in [0.15, 0.2) is 36.5 Å². The number of aryl methyl sites for hydroxylation is 1. The summed E-state index contributed by atoms with van der Waals surface area (Å²) in [6.07, 6.45) is 2.88. The van der Waals surface area contributed by atoms with Gasteiger partial charge >= 0.3 is 0 Å².